The Kier molecular flexibility index (Phi) is 2.76. The van der Waals surface area contributed by atoms with Gasteiger partial charge < -0.3 is 4.48 Å². The van der Waals surface area contributed by atoms with E-state index >= 15 is 0 Å². The molecule has 0 saturated carbocycles. The Labute approximate surface area is 79.2 Å². The minimum Gasteiger partial charge on any atom is -0.478 e. The lowest BCUT2D eigenvalue weighted by Gasteiger charge is -2.34. The number of quaternary nitrogens is 1. The Morgan fingerprint density at radius 2 is 1.92 bits per heavy atom. The minimum absolute atomic E-state index is 0.406. The first-order valence-corrected chi connectivity index (χ1v) is 4.22. The van der Waals surface area contributed by atoms with E-state index in [1.165, 1.54) is 0 Å². The van der Waals surface area contributed by atoms with Gasteiger partial charge in [-0.15, -0.1) is 0 Å². The van der Waals surface area contributed by atoms with E-state index in [2.05, 4.69) is 0 Å². The predicted molar refractivity (Wildman–Crippen MR) is 51.6 cm³/mol. The average molecular weight is 183 g/mol. The molecule has 12 heavy (non-hydrogen) atoms. The van der Waals surface area contributed by atoms with Crippen LogP contribution in [0.2, 0.25) is 5.02 Å². The van der Waals surface area contributed by atoms with Gasteiger partial charge >= 0.3 is 0 Å². The topological polar surface area (TPSA) is 0 Å². The van der Waals surface area contributed by atoms with Crippen LogP contribution < -0.4 is 0 Å². The van der Waals surface area contributed by atoms with E-state index < -0.39 is 0 Å². The van der Waals surface area contributed by atoms with Gasteiger partial charge in [0.05, 0.1) is 6.54 Å². The summed E-state index contributed by atoms with van der Waals surface area (Å²) in [5.41, 5.74) is 1.09. The zero-order valence-corrected chi connectivity index (χ0v) is 8.17. The van der Waals surface area contributed by atoms with Crippen LogP contribution in [0.25, 0.3) is 0 Å². The lowest BCUT2D eigenvalue weighted by molar-refractivity contribution is -0.859. The number of nitrogens with zero attached hydrogens (tertiary/aromatic N) is 1. The molecule has 0 aliphatic heterocycles. The maximum absolute atomic E-state index is 5.96. The van der Waals surface area contributed by atoms with Crippen molar-refractivity contribution in [3.05, 3.63) is 41.9 Å². The summed E-state index contributed by atoms with van der Waals surface area (Å²) >= 11 is 5.96. The van der Waals surface area contributed by atoms with E-state index in [0.717, 1.165) is 17.1 Å². The quantitative estimate of drug-likeness (QED) is 0.487. The second kappa shape index (κ2) is 3.46. The highest BCUT2D eigenvalue weighted by atomic mass is 35.5. The Bertz CT molecular complexity index is 263. The van der Waals surface area contributed by atoms with Crippen LogP contribution in [0.15, 0.2) is 24.3 Å². The van der Waals surface area contributed by atoms with Crippen molar-refractivity contribution in [3.63, 3.8) is 0 Å². The third kappa shape index (κ3) is 2.84. The van der Waals surface area contributed by atoms with E-state index in [-0.39, 0.29) is 0 Å². The van der Waals surface area contributed by atoms with Crippen molar-refractivity contribution >= 4 is 11.6 Å². The lowest BCUT2D eigenvalue weighted by Crippen LogP contribution is -2.30. The van der Waals surface area contributed by atoms with Crippen molar-refractivity contribution in [2.24, 2.45) is 0 Å². The monoisotopic (exact) mass is 182 g/mol. The summed E-state index contributed by atoms with van der Waals surface area (Å²) in [6.07, 6.45) is 0. The molecule has 65 valence electrons. The second-order valence-corrected chi connectivity index (χ2v) is 3.94. The predicted octanol–water partition coefficient (Wildman–Crippen LogP) is 2.58. The summed E-state index contributed by atoms with van der Waals surface area (Å²) in [6, 6.07) is 7.76. The van der Waals surface area contributed by atoms with Gasteiger partial charge in [-0.05, 0) is 6.07 Å². The maximum atomic E-state index is 5.96. The summed E-state index contributed by atoms with van der Waals surface area (Å²) in [5, 5.41) is 0.786. The zero-order chi connectivity index (χ0) is 9.19. The van der Waals surface area contributed by atoms with E-state index in [9.17, 15) is 0 Å². The van der Waals surface area contributed by atoms with Gasteiger partial charge in [-0.25, -0.2) is 7.05 Å². The molecule has 1 aromatic rings. The lowest BCUT2D eigenvalue weighted by atomic mass is 10.2. The summed E-state index contributed by atoms with van der Waals surface area (Å²) in [5.74, 6) is 0. The summed E-state index contributed by atoms with van der Waals surface area (Å²) in [4.78, 5) is 0. The molecule has 0 aliphatic rings. The molecule has 0 N–H and O–H groups in total. The molecule has 0 aromatic heterocycles. The van der Waals surface area contributed by atoms with Gasteiger partial charge in [0.15, 0.2) is 0 Å². The molecule has 0 aliphatic carbocycles. The molecule has 0 spiro atoms. The Morgan fingerprint density at radius 1 is 1.33 bits per heavy atom. The first-order chi connectivity index (χ1) is 5.49. The van der Waals surface area contributed by atoms with Crippen LogP contribution in [0.4, 0.5) is 0 Å². The number of halogens is 1. The van der Waals surface area contributed by atoms with Crippen molar-refractivity contribution in [2.45, 2.75) is 6.54 Å². The SMILES string of the molecule is [CH-][N+](C)(C)Cc1ccccc1Cl. The molecule has 0 fully saturated rings. The van der Waals surface area contributed by atoms with Crippen LogP contribution in [0.1, 0.15) is 5.56 Å². The highest BCUT2D eigenvalue weighted by Gasteiger charge is 2.04. The fraction of sp³-hybridized carbons (Fsp3) is 0.300. The van der Waals surface area contributed by atoms with E-state index in [1.54, 1.807) is 0 Å². The van der Waals surface area contributed by atoms with Crippen LogP contribution in [-0.2, 0) is 6.54 Å². The first-order valence-electron chi connectivity index (χ1n) is 3.84. The van der Waals surface area contributed by atoms with Gasteiger partial charge in [-0.3, -0.25) is 0 Å². The van der Waals surface area contributed by atoms with Crippen molar-refractivity contribution in [2.75, 3.05) is 14.1 Å². The minimum atomic E-state index is 0.406. The molecule has 0 bridgehead atoms. The van der Waals surface area contributed by atoms with Crippen molar-refractivity contribution in [3.8, 4) is 0 Å². The van der Waals surface area contributed by atoms with Crippen LogP contribution in [0.3, 0.4) is 0 Å². The fourth-order valence-electron chi connectivity index (χ4n) is 1.07. The molecule has 0 atom stereocenters. The third-order valence-corrected chi connectivity index (χ3v) is 1.90. The highest BCUT2D eigenvalue weighted by Crippen LogP contribution is 2.17. The summed E-state index contributed by atoms with van der Waals surface area (Å²) < 4.78 is 0.406. The second-order valence-electron chi connectivity index (χ2n) is 3.53. The Morgan fingerprint density at radius 3 is 2.42 bits per heavy atom. The first kappa shape index (κ1) is 9.56. The van der Waals surface area contributed by atoms with Gasteiger partial charge in [-0.2, -0.15) is 0 Å². The average Bonchev–Trinajstić information content (AvgIpc) is 1.91. The molecule has 0 saturated heterocycles. The molecule has 1 radical (unpaired) electrons. The molecule has 0 unspecified atom stereocenters. The van der Waals surface area contributed by atoms with Gasteiger partial charge in [-0.1, -0.05) is 29.8 Å². The van der Waals surface area contributed by atoms with Crippen molar-refractivity contribution < 1.29 is 4.48 Å². The third-order valence-electron chi connectivity index (χ3n) is 1.54. The fourth-order valence-corrected chi connectivity index (χ4v) is 1.26. The standard InChI is InChI=1S/C10H13ClN/c1-12(2,3)8-9-6-4-5-7-10(9)11/h1,4-7H,8H2,2-3H3. The molecular formula is C10H13ClN. The molecular weight excluding hydrogens is 170 g/mol. The highest BCUT2D eigenvalue weighted by molar-refractivity contribution is 6.31. The van der Waals surface area contributed by atoms with Gasteiger partial charge in [0.25, 0.3) is 0 Å². The van der Waals surface area contributed by atoms with Gasteiger partial charge in [0, 0.05) is 24.7 Å². The molecule has 2 heteroatoms. The number of benzene rings is 1. The van der Waals surface area contributed by atoms with Crippen LogP contribution in [0, 0.1) is 7.05 Å². The maximum Gasteiger partial charge on any atom is 0.0798 e. The van der Waals surface area contributed by atoms with Crippen LogP contribution in [-0.4, -0.2) is 18.6 Å². The van der Waals surface area contributed by atoms with Gasteiger partial charge in [0.1, 0.15) is 0 Å². The molecule has 1 rings (SSSR count). The molecule has 0 amide bonds. The number of hydrogen-bond acceptors (Lipinski definition) is 0. The van der Waals surface area contributed by atoms with E-state index in [0.29, 0.717) is 4.48 Å². The number of rotatable bonds is 2. The van der Waals surface area contributed by atoms with E-state index in [4.69, 9.17) is 18.6 Å². The van der Waals surface area contributed by atoms with Crippen molar-refractivity contribution in [1.29, 1.82) is 0 Å². The smallest absolute Gasteiger partial charge is 0.0798 e. The summed E-state index contributed by atoms with van der Waals surface area (Å²) in [6.45, 7) is 0.750. The molecule has 1 aromatic carbocycles. The van der Waals surface area contributed by atoms with E-state index in [1.807, 2.05) is 38.4 Å². The summed E-state index contributed by atoms with van der Waals surface area (Å²) in [7, 11) is 9.68. The zero-order valence-electron chi connectivity index (χ0n) is 7.42. The largest absolute Gasteiger partial charge is 0.478 e. The molecule has 0 heterocycles. The Hall–Kier alpha value is -0.530. The van der Waals surface area contributed by atoms with Gasteiger partial charge in [0.2, 0.25) is 0 Å². The van der Waals surface area contributed by atoms with Crippen LogP contribution >= 0.6 is 11.6 Å². The van der Waals surface area contributed by atoms with Crippen molar-refractivity contribution in [1.82, 2.24) is 0 Å². The normalized spacial score (nSPS) is 11.7. The molecule has 1 nitrogen and oxygen atoms in total. The number of hydrogen-bond donors (Lipinski definition) is 0. The Balaban J connectivity index is 2.83. The van der Waals surface area contributed by atoms with Crippen LogP contribution in [0.5, 0.6) is 0 Å².